The van der Waals surface area contributed by atoms with Gasteiger partial charge in [-0.05, 0) is 19.3 Å². The molecule has 0 spiro atoms. The van der Waals surface area contributed by atoms with E-state index in [4.69, 9.17) is 5.11 Å². The van der Waals surface area contributed by atoms with Crippen LogP contribution < -0.4 is 5.32 Å². The number of nitrogens with one attached hydrogen (secondary N) is 2. The van der Waals surface area contributed by atoms with Gasteiger partial charge in [0.05, 0.1) is 0 Å². The molecule has 1 heterocycles. The zero-order valence-corrected chi connectivity index (χ0v) is 7.99. The first-order valence-corrected chi connectivity index (χ1v) is 4.76. The maximum Gasteiger partial charge on any atom is 0.353 e. The molecule has 0 saturated heterocycles. The number of hydrogen-bond acceptors (Lipinski definition) is 3. The van der Waals surface area contributed by atoms with Gasteiger partial charge in [-0.15, -0.1) is 0 Å². The Morgan fingerprint density at radius 1 is 1.53 bits per heavy atom. The number of H-pyrrole nitrogens is 1. The highest BCUT2D eigenvalue weighted by Crippen LogP contribution is 2.18. The van der Waals surface area contributed by atoms with Crippen molar-refractivity contribution in [3.63, 3.8) is 0 Å². The van der Waals surface area contributed by atoms with Crippen LogP contribution in [0.25, 0.3) is 0 Å². The van der Waals surface area contributed by atoms with Gasteiger partial charge in [-0.25, -0.2) is 4.79 Å². The standard InChI is InChI=1S/C9H11N3O3/c13-8(10-5-2-1-3-5)6-4-7(9(14)15)12-11-6/h4-5H,1-3H2,(H,10,13)(H,11,12)(H,14,15). The van der Waals surface area contributed by atoms with Gasteiger partial charge >= 0.3 is 5.97 Å². The molecule has 1 aliphatic carbocycles. The third-order valence-corrected chi connectivity index (χ3v) is 2.48. The summed E-state index contributed by atoms with van der Waals surface area (Å²) in [6.07, 6.45) is 3.11. The van der Waals surface area contributed by atoms with Gasteiger partial charge in [0.2, 0.25) is 0 Å². The Hall–Kier alpha value is -1.85. The van der Waals surface area contributed by atoms with E-state index in [9.17, 15) is 9.59 Å². The zero-order valence-electron chi connectivity index (χ0n) is 7.99. The molecule has 1 amide bonds. The monoisotopic (exact) mass is 209 g/mol. The topological polar surface area (TPSA) is 95.1 Å². The van der Waals surface area contributed by atoms with Crippen molar-refractivity contribution < 1.29 is 14.7 Å². The summed E-state index contributed by atoms with van der Waals surface area (Å²) in [4.78, 5) is 22.0. The van der Waals surface area contributed by atoms with Crippen molar-refractivity contribution in [2.75, 3.05) is 0 Å². The molecule has 0 unspecified atom stereocenters. The van der Waals surface area contributed by atoms with E-state index in [-0.39, 0.29) is 23.3 Å². The lowest BCUT2D eigenvalue weighted by Crippen LogP contribution is -2.39. The lowest BCUT2D eigenvalue weighted by Gasteiger charge is -2.25. The summed E-state index contributed by atoms with van der Waals surface area (Å²) >= 11 is 0. The first-order chi connectivity index (χ1) is 7.16. The van der Waals surface area contributed by atoms with E-state index in [1.165, 1.54) is 6.07 Å². The summed E-state index contributed by atoms with van der Waals surface area (Å²) in [7, 11) is 0. The molecule has 80 valence electrons. The van der Waals surface area contributed by atoms with Gasteiger partial charge in [0.25, 0.3) is 5.91 Å². The molecule has 0 bridgehead atoms. The highest BCUT2D eigenvalue weighted by Gasteiger charge is 2.21. The third-order valence-electron chi connectivity index (χ3n) is 2.48. The fourth-order valence-electron chi connectivity index (χ4n) is 1.36. The number of carbonyl (C=O) groups is 2. The van der Waals surface area contributed by atoms with Crippen molar-refractivity contribution >= 4 is 11.9 Å². The molecule has 1 fully saturated rings. The fraction of sp³-hybridized carbons (Fsp3) is 0.444. The SMILES string of the molecule is O=C(NC1CCC1)c1cc(C(=O)O)[nH]n1. The highest BCUT2D eigenvalue weighted by molar-refractivity contribution is 5.95. The van der Waals surface area contributed by atoms with Crippen molar-refractivity contribution in [3.8, 4) is 0 Å². The first-order valence-electron chi connectivity index (χ1n) is 4.76. The molecule has 1 aromatic heterocycles. The Balaban J connectivity index is 2.01. The maximum absolute atomic E-state index is 11.5. The average Bonchev–Trinajstić information content (AvgIpc) is 2.59. The van der Waals surface area contributed by atoms with E-state index in [1.54, 1.807) is 0 Å². The number of aromatic amines is 1. The van der Waals surface area contributed by atoms with Gasteiger partial charge in [0.15, 0.2) is 5.69 Å². The van der Waals surface area contributed by atoms with Gasteiger partial charge in [0, 0.05) is 12.1 Å². The van der Waals surface area contributed by atoms with Crippen molar-refractivity contribution in [2.45, 2.75) is 25.3 Å². The number of hydrogen-bond donors (Lipinski definition) is 3. The van der Waals surface area contributed by atoms with E-state index in [0.717, 1.165) is 19.3 Å². The van der Waals surface area contributed by atoms with E-state index >= 15 is 0 Å². The van der Waals surface area contributed by atoms with E-state index in [2.05, 4.69) is 15.5 Å². The molecule has 0 atom stereocenters. The number of carboxylic acid groups (broad SMARTS) is 1. The summed E-state index contributed by atoms with van der Waals surface area (Å²) in [6.45, 7) is 0. The molecule has 1 aromatic rings. The second-order valence-electron chi connectivity index (χ2n) is 3.57. The van der Waals surface area contributed by atoms with Crippen LogP contribution in [0.3, 0.4) is 0 Å². The molecule has 2 rings (SSSR count). The van der Waals surface area contributed by atoms with E-state index < -0.39 is 5.97 Å². The lowest BCUT2D eigenvalue weighted by atomic mass is 9.93. The normalized spacial score (nSPS) is 15.7. The third kappa shape index (κ3) is 1.98. The summed E-state index contributed by atoms with van der Waals surface area (Å²) in [6, 6.07) is 1.46. The Bertz CT molecular complexity index is 395. The van der Waals surface area contributed by atoms with E-state index in [0.29, 0.717) is 0 Å². The number of rotatable bonds is 3. The van der Waals surface area contributed by atoms with Crippen molar-refractivity contribution in [1.29, 1.82) is 0 Å². The average molecular weight is 209 g/mol. The second kappa shape index (κ2) is 3.72. The van der Waals surface area contributed by atoms with Gasteiger partial charge < -0.3 is 10.4 Å². The van der Waals surface area contributed by atoms with Gasteiger partial charge in [-0.3, -0.25) is 9.89 Å². The van der Waals surface area contributed by atoms with Gasteiger partial charge in [-0.1, -0.05) is 0 Å². The van der Waals surface area contributed by atoms with Crippen molar-refractivity contribution in [3.05, 3.63) is 17.5 Å². The number of aromatic carboxylic acids is 1. The zero-order chi connectivity index (χ0) is 10.8. The molecule has 1 saturated carbocycles. The number of carboxylic acids is 1. The van der Waals surface area contributed by atoms with Crippen LogP contribution in [0.2, 0.25) is 0 Å². The largest absolute Gasteiger partial charge is 0.477 e. The summed E-state index contributed by atoms with van der Waals surface area (Å²) in [5, 5.41) is 17.3. The van der Waals surface area contributed by atoms with Crippen LogP contribution in [-0.4, -0.2) is 33.2 Å². The minimum absolute atomic E-state index is 0.0752. The molecule has 0 radical (unpaired) electrons. The molecule has 6 nitrogen and oxygen atoms in total. The summed E-state index contributed by atoms with van der Waals surface area (Å²) in [5.74, 6) is -1.44. The summed E-state index contributed by atoms with van der Waals surface area (Å²) in [5.41, 5.74) is 0.0491. The van der Waals surface area contributed by atoms with Gasteiger partial charge in [0.1, 0.15) is 5.69 Å². The first kappa shape index (κ1) is 9.70. The molecular weight excluding hydrogens is 198 g/mol. The smallest absolute Gasteiger partial charge is 0.353 e. The van der Waals surface area contributed by atoms with Crippen molar-refractivity contribution in [2.24, 2.45) is 0 Å². The minimum atomic E-state index is -1.12. The highest BCUT2D eigenvalue weighted by atomic mass is 16.4. The van der Waals surface area contributed by atoms with Crippen LogP contribution in [0, 0.1) is 0 Å². The predicted molar refractivity (Wildman–Crippen MR) is 50.7 cm³/mol. The van der Waals surface area contributed by atoms with E-state index in [1.807, 2.05) is 0 Å². The lowest BCUT2D eigenvalue weighted by molar-refractivity contribution is 0.0690. The van der Waals surface area contributed by atoms with Crippen LogP contribution in [0.5, 0.6) is 0 Å². The summed E-state index contributed by atoms with van der Waals surface area (Å²) < 4.78 is 0. The minimum Gasteiger partial charge on any atom is -0.477 e. The van der Waals surface area contributed by atoms with Crippen LogP contribution >= 0.6 is 0 Å². The number of aromatic nitrogens is 2. The predicted octanol–water partition coefficient (Wildman–Crippen LogP) is 0.390. The molecule has 0 aromatic carbocycles. The number of amides is 1. The molecule has 1 aliphatic rings. The van der Waals surface area contributed by atoms with Crippen LogP contribution in [0.1, 0.15) is 40.2 Å². The van der Waals surface area contributed by atoms with Crippen LogP contribution in [0.4, 0.5) is 0 Å². The Morgan fingerprint density at radius 2 is 2.27 bits per heavy atom. The number of nitrogens with zero attached hydrogens (tertiary/aromatic N) is 1. The second-order valence-corrected chi connectivity index (χ2v) is 3.57. The van der Waals surface area contributed by atoms with Gasteiger partial charge in [-0.2, -0.15) is 5.10 Å². The van der Waals surface area contributed by atoms with Crippen molar-refractivity contribution in [1.82, 2.24) is 15.5 Å². The molecular formula is C9H11N3O3. The quantitative estimate of drug-likeness (QED) is 0.671. The number of carbonyl (C=O) groups excluding carboxylic acids is 1. The fourth-order valence-corrected chi connectivity index (χ4v) is 1.36. The Morgan fingerprint density at radius 3 is 2.73 bits per heavy atom. The molecule has 6 heteroatoms. The maximum atomic E-state index is 11.5. The van der Waals surface area contributed by atoms with Crippen LogP contribution in [-0.2, 0) is 0 Å². The van der Waals surface area contributed by atoms with Crippen LogP contribution in [0.15, 0.2) is 6.07 Å². The molecule has 0 aliphatic heterocycles. The molecule has 15 heavy (non-hydrogen) atoms. The Labute approximate surface area is 85.7 Å². The molecule has 3 N–H and O–H groups in total. The Kier molecular flexibility index (Phi) is 2.40.